The van der Waals surface area contributed by atoms with Crippen molar-refractivity contribution in [2.75, 3.05) is 0 Å². The Hall–Kier alpha value is -2.63. The molecule has 2 aromatic rings. The molecule has 1 fully saturated rings. The van der Waals surface area contributed by atoms with E-state index in [1.54, 1.807) is 12.1 Å². The summed E-state index contributed by atoms with van der Waals surface area (Å²) in [7, 11) is 0. The third-order valence-electron chi connectivity index (χ3n) is 5.27. The average molecular weight is 355 g/mol. The number of non-ortho nitro benzene ring substituents is 1. The fourth-order valence-corrected chi connectivity index (χ4v) is 3.92. The third-order valence-corrected chi connectivity index (χ3v) is 5.27. The second-order valence-corrected chi connectivity index (χ2v) is 7.05. The number of rotatable bonds is 5. The number of nitro groups is 1. The number of nitro benzene ring substituents is 1. The quantitative estimate of drug-likeness (QED) is 0.636. The number of aryl methyl sites for hydroxylation is 1. The molecule has 26 heavy (non-hydrogen) atoms. The fourth-order valence-electron chi connectivity index (χ4n) is 3.92. The van der Waals surface area contributed by atoms with Crippen LogP contribution in [0.4, 0.5) is 5.69 Å². The Bertz CT molecular complexity index is 802. The molecule has 6 nitrogen and oxygen atoms in total. The van der Waals surface area contributed by atoms with Gasteiger partial charge in [0.2, 0.25) is 0 Å². The van der Waals surface area contributed by atoms with E-state index >= 15 is 0 Å². The number of hydrogen-bond acceptors (Lipinski definition) is 3. The number of amides is 1. The van der Waals surface area contributed by atoms with Gasteiger partial charge >= 0.3 is 0 Å². The van der Waals surface area contributed by atoms with E-state index in [9.17, 15) is 14.9 Å². The van der Waals surface area contributed by atoms with Gasteiger partial charge in [0.05, 0.1) is 10.5 Å². The van der Waals surface area contributed by atoms with Crippen molar-refractivity contribution in [1.82, 2.24) is 9.88 Å². The van der Waals surface area contributed by atoms with Crippen LogP contribution < -0.4 is 5.32 Å². The molecule has 1 aromatic carbocycles. The largest absolute Gasteiger partial charge is 0.348 e. The third kappa shape index (κ3) is 3.79. The van der Waals surface area contributed by atoms with Crippen molar-refractivity contribution < 1.29 is 9.72 Å². The van der Waals surface area contributed by atoms with Crippen LogP contribution in [-0.2, 0) is 6.54 Å². The van der Waals surface area contributed by atoms with Gasteiger partial charge < -0.3 is 9.88 Å². The number of aromatic nitrogens is 1. The van der Waals surface area contributed by atoms with Gasteiger partial charge in [-0.1, -0.05) is 31.4 Å². The second-order valence-electron chi connectivity index (χ2n) is 7.05. The molecule has 1 heterocycles. The van der Waals surface area contributed by atoms with E-state index in [1.165, 1.54) is 44.2 Å². The van der Waals surface area contributed by atoms with Gasteiger partial charge in [0.15, 0.2) is 0 Å². The lowest BCUT2D eigenvalue weighted by Crippen LogP contribution is -2.23. The first-order valence-electron chi connectivity index (χ1n) is 9.17. The number of nitrogens with zero attached hydrogens (tertiary/aromatic N) is 2. The highest BCUT2D eigenvalue weighted by molar-refractivity contribution is 5.95. The molecule has 1 aliphatic rings. The highest BCUT2D eigenvalue weighted by Crippen LogP contribution is 2.32. The van der Waals surface area contributed by atoms with Crippen LogP contribution in [0.5, 0.6) is 0 Å². The number of carbonyl (C=O) groups excluding carboxylic acids is 1. The minimum Gasteiger partial charge on any atom is -0.348 e. The average Bonchev–Trinajstić information content (AvgIpc) is 2.95. The van der Waals surface area contributed by atoms with Gasteiger partial charge in [-0.05, 0) is 38.3 Å². The lowest BCUT2D eigenvalue weighted by molar-refractivity contribution is -0.384. The van der Waals surface area contributed by atoms with Crippen LogP contribution in [0, 0.1) is 24.0 Å². The van der Waals surface area contributed by atoms with Crippen molar-refractivity contribution >= 4 is 11.6 Å². The molecule has 138 valence electrons. The van der Waals surface area contributed by atoms with Gasteiger partial charge in [0, 0.05) is 36.1 Å². The summed E-state index contributed by atoms with van der Waals surface area (Å²) >= 11 is 0. The Labute approximate surface area is 153 Å². The van der Waals surface area contributed by atoms with Gasteiger partial charge in [0.25, 0.3) is 11.6 Å². The Morgan fingerprint density at radius 3 is 2.46 bits per heavy atom. The lowest BCUT2D eigenvalue weighted by atomic mass is 9.95. The zero-order valence-corrected chi connectivity index (χ0v) is 15.3. The molecular formula is C20H25N3O3. The molecule has 1 saturated carbocycles. The maximum absolute atomic E-state index is 12.6. The lowest BCUT2D eigenvalue weighted by Gasteiger charge is -2.26. The van der Waals surface area contributed by atoms with Crippen LogP contribution >= 0.6 is 0 Å². The van der Waals surface area contributed by atoms with Crippen molar-refractivity contribution in [3.8, 4) is 0 Å². The van der Waals surface area contributed by atoms with E-state index in [2.05, 4.69) is 16.8 Å². The van der Waals surface area contributed by atoms with E-state index in [0.29, 0.717) is 12.6 Å². The molecule has 0 spiro atoms. The number of hydrogen-bond donors (Lipinski definition) is 1. The number of benzene rings is 1. The summed E-state index contributed by atoms with van der Waals surface area (Å²) in [5, 5.41) is 13.6. The molecule has 1 N–H and O–H groups in total. The minimum atomic E-state index is -0.428. The van der Waals surface area contributed by atoms with Gasteiger partial charge in [-0.15, -0.1) is 0 Å². The van der Waals surface area contributed by atoms with Crippen LogP contribution in [0.15, 0.2) is 30.3 Å². The van der Waals surface area contributed by atoms with Crippen LogP contribution in [0.3, 0.4) is 0 Å². The maximum Gasteiger partial charge on any atom is 0.269 e. The van der Waals surface area contributed by atoms with Gasteiger partial charge in [-0.2, -0.15) is 0 Å². The molecule has 1 aromatic heterocycles. The van der Waals surface area contributed by atoms with Crippen LogP contribution in [0.25, 0.3) is 0 Å². The van der Waals surface area contributed by atoms with E-state index in [4.69, 9.17) is 0 Å². The monoisotopic (exact) mass is 355 g/mol. The predicted molar refractivity (Wildman–Crippen MR) is 100 cm³/mol. The van der Waals surface area contributed by atoms with E-state index in [1.807, 2.05) is 13.0 Å². The summed E-state index contributed by atoms with van der Waals surface area (Å²) < 4.78 is 2.32. The molecule has 0 radical (unpaired) electrons. The van der Waals surface area contributed by atoms with E-state index < -0.39 is 4.92 Å². The van der Waals surface area contributed by atoms with Crippen LogP contribution in [-0.4, -0.2) is 15.4 Å². The zero-order chi connectivity index (χ0) is 18.7. The SMILES string of the molecule is Cc1cc(C(=O)NCc2ccc([N+](=O)[O-])cc2)c(C)n1C1CCCCC1. The highest BCUT2D eigenvalue weighted by Gasteiger charge is 2.22. The van der Waals surface area contributed by atoms with E-state index in [0.717, 1.165) is 22.5 Å². The molecule has 0 bridgehead atoms. The molecule has 0 unspecified atom stereocenters. The molecular weight excluding hydrogens is 330 g/mol. The summed E-state index contributed by atoms with van der Waals surface area (Å²) in [4.78, 5) is 22.9. The van der Waals surface area contributed by atoms with Crippen molar-refractivity contribution in [3.63, 3.8) is 0 Å². The van der Waals surface area contributed by atoms with Gasteiger partial charge in [-0.3, -0.25) is 14.9 Å². The number of carbonyl (C=O) groups is 1. The minimum absolute atomic E-state index is 0.0519. The summed E-state index contributed by atoms with van der Waals surface area (Å²) in [6, 6.07) is 8.72. The smallest absolute Gasteiger partial charge is 0.269 e. The Morgan fingerprint density at radius 2 is 1.85 bits per heavy atom. The fraction of sp³-hybridized carbons (Fsp3) is 0.450. The van der Waals surface area contributed by atoms with Crippen molar-refractivity contribution in [3.05, 3.63) is 63.0 Å². The summed E-state index contributed by atoms with van der Waals surface area (Å²) in [6.07, 6.45) is 6.17. The molecule has 6 heteroatoms. The Morgan fingerprint density at radius 1 is 1.19 bits per heavy atom. The van der Waals surface area contributed by atoms with Crippen molar-refractivity contribution in [2.45, 2.75) is 58.5 Å². The highest BCUT2D eigenvalue weighted by atomic mass is 16.6. The first-order chi connectivity index (χ1) is 12.5. The summed E-state index contributed by atoms with van der Waals surface area (Å²) in [5.41, 5.74) is 3.77. The van der Waals surface area contributed by atoms with E-state index in [-0.39, 0.29) is 11.6 Å². The molecule has 3 rings (SSSR count). The molecule has 0 atom stereocenters. The van der Waals surface area contributed by atoms with Crippen LogP contribution in [0.2, 0.25) is 0 Å². The molecule has 0 saturated heterocycles. The molecule has 1 aliphatic carbocycles. The van der Waals surface area contributed by atoms with Crippen LogP contribution in [0.1, 0.15) is 65.5 Å². The first-order valence-corrected chi connectivity index (χ1v) is 9.17. The Kier molecular flexibility index (Phi) is 5.40. The maximum atomic E-state index is 12.6. The molecule has 1 amide bonds. The van der Waals surface area contributed by atoms with Gasteiger partial charge in [0.1, 0.15) is 0 Å². The molecule has 0 aliphatic heterocycles. The standard InChI is InChI=1S/C20H25N3O3/c1-14-12-19(15(2)22(14)17-6-4-3-5-7-17)20(24)21-13-16-8-10-18(11-9-16)23(25)26/h8-12,17H,3-7,13H2,1-2H3,(H,21,24). The van der Waals surface area contributed by atoms with Gasteiger partial charge in [-0.25, -0.2) is 0 Å². The topological polar surface area (TPSA) is 77.2 Å². The first kappa shape index (κ1) is 18.2. The Balaban J connectivity index is 1.69. The normalized spacial score (nSPS) is 15.0. The summed E-state index contributed by atoms with van der Waals surface area (Å²) in [5.74, 6) is -0.0986. The predicted octanol–water partition coefficient (Wildman–Crippen LogP) is 4.45. The van der Waals surface area contributed by atoms with Crippen molar-refractivity contribution in [2.24, 2.45) is 0 Å². The number of nitrogens with one attached hydrogen (secondary N) is 1. The van der Waals surface area contributed by atoms with Crippen molar-refractivity contribution in [1.29, 1.82) is 0 Å². The summed E-state index contributed by atoms with van der Waals surface area (Å²) in [6.45, 7) is 4.43. The zero-order valence-electron chi connectivity index (χ0n) is 15.3. The second kappa shape index (κ2) is 7.72.